The highest BCUT2D eigenvalue weighted by molar-refractivity contribution is 7.33. The number of rotatable bonds is 1. The number of thiophene rings is 1. The number of aryl methyl sites for hydroxylation is 3. The van der Waals surface area contributed by atoms with E-state index in [1.807, 2.05) is 11.3 Å². The Morgan fingerprint density at radius 2 is 1.31 bits per heavy atom. The third-order valence-corrected chi connectivity index (χ3v) is 14.9. The van der Waals surface area contributed by atoms with Crippen LogP contribution in [-0.4, -0.2) is 6.71 Å². The van der Waals surface area contributed by atoms with Gasteiger partial charge in [0.05, 0.1) is 11.4 Å². The first-order chi connectivity index (χ1) is 25.4. The predicted octanol–water partition coefficient (Wildman–Crippen LogP) is 12.2. The van der Waals surface area contributed by atoms with Crippen LogP contribution in [0.5, 0.6) is 0 Å². The quantitative estimate of drug-likeness (QED) is 0.156. The predicted molar refractivity (Wildman–Crippen MR) is 236 cm³/mol. The van der Waals surface area contributed by atoms with E-state index < -0.39 is 0 Å². The van der Waals surface area contributed by atoms with Gasteiger partial charge in [0.1, 0.15) is 0 Å². The fourth-order valence-electron chi connectivity index (χ4n) is 10.6. The molecule has 4 heterocycles. The summed E-state index contributed by atoms with van der Waals surface area (Å²) in [6.45, 7) is 28.7. The fourth-order valence-corrected chi connectivity index (χ4v) is 11.9. The third-order valence-electron chi connectivity index (χ3n) is 13.6. The van der Waals surface area contributed by atoms with E-state index in [0.717, 1.165) is 6.42 Å². The van der Waals surface area contributed by atoms with Crippen molar-refractivity contribution in [3.05, 3.63) is 123 Å². The fraction of sp³-hybridized carbons (Fsp3) is 0.360. The number of anilines is 6. The van der Waals surface area contributed by atoms with Crippen LogP contribution in [0.2, 0.25) is 0 Å². The van der Waals surface area contributed by atoms with Crippen molar-refractivity contribution >= 4 is 78.0 Å². The lowest BCUT2D eigenvalue weighted by molar-refractivity contribution is 0.348. The highest BCUT2D eigenvalue weighted by atomic mass is 32.1. The molecule has 0 N–H and O–H groups in total. The average Bonchev–Trinajstić information content (AvgIpc) is 3.46. The van der Waals surface area contributed by atoms with E-state index in [4.69, 9.17) is 0 Å². The highest BCUT2D eigenvalue weighted by Crippen LogP contribution is 2.62. The van der Waals surface area contributed by atoms with Gasteiger partial charge in [0.15, 0.2) is 0 Å². The molecule has 0 radical (unpaired) electrons. The minimum atomic E-state index is -0.0756. The van der Waals surface area contributed by atoms with Crippen molar-refractivity contribution < 1.29 is 0 Å². The van der Waals surface area contributed by atoms with E-state index in [9.17, 15) is 0 Å². The summed E-state index contributed by atoms with van der Waals surface area (Å²) in [5.41, 5.74) is 22.6. The second-order valence-electron chi connectivity index (χ2n) is 20.0. The Kier molecular flexibility index (Phi) is 6.80. The summed E-state index contributed by atoms with van der Waals surface area (Å²) in [7, 11) is 0. The summed E-state index contributed by atoms with van der Waals surface area (Å²) in [5, 5.41) is 1.36. The molecule has 1 atom stereocenters. The van der Waals surface area contributed by atoms with Crippen LogP contribution in [0.15, 0.2) is 78.9 Å². The van der Waals surface area contributed by atoms with Crippen molar-refractivity contribution in [2.24, 2.45) is 0 Å². The smallest absolute Gasteiger partial charge is 0.264 e. The van der Waals surface area contributed by atoms with Crippen molar-refractivity contribution in [3.8, 4) is 0 Å². The van der Waals surface area contributed by atoms with E-state index in [1.54, 1.807) is 5.56 Å². The van der Waals surface area contributed by atoms with Crippen molar-refractivity contribution in [2.45, 2.75) is 118 Å². The third kappa shape index (κ3) is 4.47. The van der Waals surface area contributed by atoms with Gasteiger partial charge in [-0.1, -0.05) is 110 Å². The maximum absolute atomic E-state index is 2.75. The first-order valence-electron chi connectivity index (χ1n) is 20.1. The minimum Gasteiger partial charge on any atom is -0.311 e. The Morgan fingerprint density at radius 3 is 2.00 bits per heavy atom. The molecule has 3 aliphatic heterocycles. The molecule has 0 spiro atoms. The first-order valence-corrected chi connectivity index (χ1v) is 20.9. The number of hydrogen-bond acceptors (Lipinski definition) is 3. The van der Waals surface area contributed by atoms with Crippen molar-refractivity contribution in [1.82, 2.24) is 0 Å². The summed E-state index contributed by atoms with van der Waals surface area (Å²) < 4.78 is 2.83. The second kappa shape index (κ2) is 10.7. The summed E-state index contributed by atoms with van der Waals surface area (Å²) >= 11 is 2.01. The van der Waals surface area contributed by atoms with Gasteiger partial charge >= 0.3 is 0 Å². The second-order valence-corrected chi connectivity index (χ2v) is 21.1. The molecular weight excluding hydrogens is 671 g/mol. The lowest BCUT2D eigenvalue weighted by atomic mass is 9.35. The van der Waals surface area contributed by atoms with Crippen molar-refractivity contribution in [3.63, 3.8) is 0 Å². The van der Waals surface area contributed by atoms with Gasteiger partial charge in [0.2, 0.25) is 0 Å². The van der Waals surface area contributed by atoms with Gasteiger partial charge in [-0.15, -0.1) is 11.3 Å². The monoisotopic (exact) mass is 724 g/mol. The van der Waals surface area contributed by atoms with Gasteiger partial charge in [-0.3, -0.25) is 0 Å². The zero-order chi connectivity index (χ0) is 38.0. The highest BCUT2D eigenvalue weighted by Gasteiger charge is 2.54. The molecule has 0 saturated heterocycles. The number of fused-ring (bicyclic) bond motifs is 9. The Hall–Kier alpha value is -4.28. The molecule has 54 heavy (non-hydrogen) atoms. The summed E-state index contributed by atoms with van der Waals surface area (Å²) in [4.78, 5) is 5.37. The topological polar surface area (TPSA) is 6.48 Å². The van der Waals surface area contributed by atoms with Crippen LogP contribution < -0.4 is 25.5 Å². The molecule has 4 heteroatoms. The SMILES string of the molecule is Cc1cc2c3c(c1)N(c1ccc(C(C)(C)C)cc1)c1c(sc4ccc(C)cc14)B3c1ccc3c4c1N2c1c(C)cc(C(C)(C)C)cc1C4(C)CCC3(C)C. The van der Waals surface area contributed by atoms with E-state index in [0.29, 0.717) is 0 Å². The molecule has 5 aromatic carbocycles. The van der Waals surface area contributed by atoms with Crippen LogP contribution in [0.1, 0.15) is 120 Å². The van der Waals surface area contributed by atoms with Gasteiger partial charge in [-0.25, -0.2) is 0 Å². The first kappa shape index (κ1) is 34.2. The molecule has 0 bridgehead atoms. The van der Waals surface area contributed by atoms with Gasteiger partial charge in [-0.2, -0.15) is 0 Å². The maximum Gasteiger partial charge on any atom is 0.264 e. The van der Waals surface area contributed by atoms with Crippen molar-refractivity contribution in [1.29, 1.82) is 0 Å². The molecule has 6 aromatic rings. The molecule has 10 rings (SSSR count). The van der Waals surface area contributed by atoms with Crippen LogP contribution in [0.25, 0.3) is 10.1 Å². The van der Waals surface area contributed by atoms with E-state index in [1.165, 1.54) is 105 Å². The molecule has 1 aromatic heterocycles. The van der Waals surface area contributed by atoms with E-state index >= 15 is 0 Å². The number of nitrogens with zero attached hydrogens (tertiary/aromatic N) is 2. The normalized spacial score (nSPS) is 19.1. The number of hydrogen-bond donors (Lipinski definition) is 0. The Labute approximate surface area is 327 Å². The van der Waals surface area contributed by atoms with Crippen LogP contribution >= 0.6 is 11.3 Å². The molecule has 0 fully saturated rings. The Balaban J connectivity index is 1.35. The standard InChI is InChI=1S/C50H53BN2S/c1-28-13-20-40-34(23-28)44-46(54-40)51-37-19-18-35-41-45(37)53(43-30(3)26-32(48(7,8)9)27-36(43)50(41,12)22-21-49(35,10)11)39-25-29(2)24-38(42(39)51)52(44)33-16-14-31(15-17-33)47(4,5)6/h13-20,23-27H,21-22H2,1-12H3. The molecular formula is C50H53BN2S. The number of benzene rings is 5. The van der Waals surface area contributed by atoms with Crippen LogP contribution in [-0.2, 0) is 21.7 Å². The molecule has 1 unspecified atom stereocenters. The minimum absolute atomic E-state index is 0.0590. The summed E-state index contributed by atoms with van der Waals surface area (Å²) in [5.74, 6) is 0. The molecule has 4 aliphatic rings. The van der Waals surface area contributed by atoms with E-state index in [-0.39, 0.29) is 28.4 Å². The molecule has 0 amide bonds. The molecule has 272 valence electrons. The van der Waals surface area contributed by atoms with Gasteiger partial charge in [0.25, 0.3) is 6.71 Å². The lowest BCUT2D eigenvalue weighted by Crippen LogP contribution is -2.62. The zero-order valence-electron chi connectivity index (χ0n) is 34.3. The van der Waals surface area contributed by atoms with Crippen LogP contribution in [0.3, 0.4) is 0 Å². The lowest BCUT2D eigenvalue weighted by Gasteiger charge is -2.54. The van der Waals surface area contributed by atoms with Crippen molar-refractivity contribution in [2.75, 3.05) is 9.80 Å². The molecule has 0 saturated carbocycles. The average molecular weight is 725 g/mol. The van der Waals surface area contributed by atoms with Gasteiger partial charge in [0, 0.05) is 43.0 Å². The summed E-state index contributed by atoms with van der Waals surface area (Å²) in [6, 6.07) is 31.7. The van der Waals surface area contributed by atoms with Crippen LogP contribution in [0.4, 0.5) is 34.1 Å². The van der Waals surface area contributed by atoms with Gasteiger partial charge in [-0.05, 0) is 136 Å². The molecule has 1 aliphatic carbocycles. The Morgan fingerprint density at radius 1 is 0.630 bits per heavy atom. The Bertz CT molecular complexity index is 2610. The maximum atomic E-state index is 2.75. The van der Waals surface area contributed by atoms with Gasteiger partial charge < -0.3 is 9.80 Å². The van der Waals surface area contributed by atoms with E-state index in [2.05, 4.69) is 172 Å². The van der Waals surface area contributed by atoms with Crippen LogP contribution in [0, 0.1) is 20.8 Å². The largest absolute Gasteiger partial charge is 0.311 e. The summed E-state index contributed by atoms with van der Waals surface area (Å²) in [6.07, 6.45) is 2.33. The zero-order valence-corrected chi connectivity index (χ0v) is 35.1. The molecule has 2 nitrogen and oxygen atoms in total.